The summed E-state index contributed by atoms with van der Waals surface area (Å²) in [5.74, 6) is 0. The van der Waals surface area contributed by atoms with Crippen molar-refractivity contribution in [2.45, 2.75) is 102 Å². The van der Waals surface area contributed by atoms with Gasteiger partial charge in [0.25, 0.3) is 10.1 Å². The quantitative estimate of drug-likeness (QED) is 0.230. The van der Waals surface area contributed by atoms with Gasteiger partial charge < -0.3 is 0 Å². The van der Waals surface area contributed by atoms with Crippen LogP contribution in [0.1, 0.15) is 97.3 Å². The average molecular weight is 333 g/mol. The van der Waals surface area contributed by atoms with Gasteiger partial charge in [0.15, 0.2) is 0 Å². The molecular formula is C18H36O3S. The lowest BCUT2D eigenvalue weighted by Crippen LogP contribution is -2.34. The van der Waals surface area contributed by atoms with Crippen molar-refractivity contribution in [2.75, 3.05) is 0 Å². The third kappa shape index (κ3) is 9.62. The number of allylic oxidation sites excluding steroid dienone is 1. The second-order valence-corrected chi connectivity index (χ2v) is 8.62. The van der Waals surface area contributed by atoms with E-state index in [1.165, 1.54) is 44.9 Å². The first kappa shape index (κ1) is 21.6. The van der Waals surface area contributed by atoms with Crippen LogP contribution in [0, 0.1) is 0 Å². The monoisotopic (exact) mass is 332 g/mol. The highest BCUT2D eigenvalue weighted by molar-refractivity contribution is 7.87. The van der Waals surface area contributed by atoms with Crippen LogP contribution in [0.25, 0.3) is 0 Å². The van der Waals surface area contributed by atoms with Crippen molar-refractivity contribution < 1.29 is 13.0 Å². The summed E-state index contributed by atoms with van der Waals surface area (Å²) in [6.45, 7) is 7.51. The molecule has 132 valence electrons. The van der Waals surface area contributed by atoms with Gasteiger partial charge in [-0.05, 0) is 26.2 Å². The van der Waals surface area contributed by atoms with E-state index in [2.05, 4.69) is 13.5 Å². The summed E-state index contributed by atoms with van der Waals surface area (Å²) in [6, 6.07) is 0. The molecule has 1 N–H and O–H groups in total. The summed E-state index contributed by atoms with van der Waals surface area (Å²) < 4.78 is 31.6. The van der Waals surface area contributed by atoms with Crippen molar-refractivity contribution in [3.8, 4) is 0 Å². The molecule has 0 aromatic carbocycles. The van der Waals surface area contributed by atoms with Gasteiger partial charge >= 0.3 is 0 Å². The SMILES string of the molecule is C=CCCC(C)(CCCCCCCCCCCC)S(=O)(=O)O. The molecule has 22 heavy (non-hydrogen) atoms. The minimum Gasteiger partial charge on any atom is -0.285 e. The van der Waals surface area contributed by atoms with E-state index in [9.17, 15) is 13.0 Å². The molecule has 3 nitrogen and oxygen atoms in total. The molecule has 0 amide bonds. The Labute approximate surface area is 138 Å². The molecule has 0 radical (unpaired) electrons. The van der Waals surface area contributed by atoms with Crippen LogP contribution in [0.4, 0.5) is 0 Å². The van der Waals surface area contributed by atoms with Crippen LogP contribution in [-0.2, 0) is 10.1 Å². The van der Waals surface area contributed by atoms with Crippen molar-refractivity contribution in [2.24, 2.45) is 0 Å². The van der Waals surface area contributed by atoms with Crippen LogP contribution in [0.5, 0.6) is 0 Å². The molecular weight excluding hydrogens is 296 g/mol. The van der Waals surface area contributed by atoms with E-state index in [4.69, 9.17) is 0 Å². The Kier molecular flexibility index (Phi) is 11.9. The van der Waals surface area contributed by atoms with E-state index in [0.717, 1.165) is 19.3 Å². The lowest BCUT2D eigenvalue weighted by Gasteiger charge is -2.25. The standard InChI is InChI=1S/C18H36O3S/c1-4-6-8-9-10-11-12-13-14-15-17-18(3,16-7-5-2)22(19,20)21/h5H,2,4,6-17H2,1,3H3,(H,19,20,21). The molecule has 0 aromatic heterocycles. The Morgan fingerprint density at radius 2 is 1.36 bits per heavy atom. The minimum absolute atomic E-state index is 0.451. The zero-order valence-corrected chi connectivity index (χ0v) is 15.5. The highest BCUT2D eigenvalue weighted by Gasteiger charge is 2.36. The molecule has 0 fully saturated rings. The zero-order valence-electron chi connectivity index (χ0n) is 14.6. The van der Waals surface area contributed by atoms with Gasteiger partial charge in [-0.25, -0.2) is 0 Å². The van der Waals surface area contributed by atoms with Crippen LogP contribution >= 0.6 is 0 Å². The second kappa shape index (κ2) is 12.1. The molecule has 0 aliphatic carbocycles. The van der Waals surface area contributed by atoms with Gasteiger partial charge in [0, 0.05) is 0 Å². The topological polar surface area (TPSA) is 54.4 Å². The molecule has 1 atom stereocenters. The molecule has 0 rings (SSSR count). The van der Waals surface area contributed by atoms with Gasteiger partial charge in [-0.2, -0.15) is 8.42 Å². The summed E-state index contributed by atoms with van der Waals surface area (Å²) >= 11 is 0. The molecule has 1 unspecified atom stereocenters. The molecule has 0 saturated heterocycles. The summed E-state index contributed by atoms with van der Waals surface area (Å²) in [7, 11) is -3.99. The van der Waals surface area contributed by atoms with E-state index < -0.39 is 14.9 Å². The fraction of sp³-hybridized carbons (Fsp3) is 0.889. The largest absolute Gasteiger partial charge is 0.285 e. The molecule has 0 bridgehead atoms. The van der Waals surface area contributed by atoms with Crippen molar-refractivity contribution in [1.82, 2.24) is 0 Å². The molecule has 0 aliphatic heterocycles. The van der Waals surface area contributed by atoms with Crippen molar-refractivity contribution >= 4 is 10.1 Å². The zero-order chi connectivity index (χ0) is 16.9. The van der Waals surface area contributed by atoms with Crippen molar-refractivity contribution in [3.63, 3.8) is 0 Å². The Hall–Kier alpha value is -0.350. The number of rotatable bonds is 15. The molecule has 0 aromatic rings. The Bertz CT molecular complexity index is 376. The average Bonchev–Trinajstić information content (AvgIpc) is 2.46. The van der Waals surface area contributed by atoms with E-state index in [1.54, 1.807) is 13.0 Å². The highest BCUT2D eigenvalue weighted by Crippen LogP contribution is 2.29. The first-order chi connectivity index (χ1) is 10.4. The highest BCUT2D eigenvalue weighted by atomic mass is 32.2. The number of hydrogen-bond donors (Lipinski definition) is 1. The maximum Gasteiger partial charge on any atom is 0.270 e. The summed E-state index contributed by atoms with van der Waals surface area (Å²) in [4.78, 5) is 0. The van der Waals surface area contributed by atoms with Crippen LogP contribution in [0.15, 0.2) is 12.7 Å². The van der Waals surface area contributed by atoms with Gasteiger partial charge in [0.05, 0.1) is 4.75 Å². The Morgan fingerprint density at radius 3 is 1.77 bits per heavy atom. The molecule has 0 heterocycles. The van der Waals surface area contributed by atoms with Gasteiger partial charge in [-0.1, -0.05) is 77.2 Å². The van der Waals surface area contributed by atoms with E-state index in [1.807, 2.05) is 0 Å². The molecule has 0 saturated carbocycles. The van der Waals surface area contributed by atoms with Gasteiger partial charge in [0.1, 0.15) is 0 Å². The summed E-state index contributed by atoms with van der Waals surface area (Å²) in [5, 5.41) is 0. The normalized spacial score (nSPS) is 14.7. The van der Waals surface area contributed by atoms with Crippen LogP contribution in [0.3, 0.4) is 0 Å². The van der Waals surface area contributed by atoms with E-state index in [0.29, 0.717) is 19.3 Å². The molecule has 0 spiro atoms. The van der Waals surface area contributed by atoms with Crippen LogP contribution in [0.2, 0.25) is 0 Å². The third-order valence-electron chi connectivity index (χ3n) is 4.56. The lowest BCUT2D eigenvalue weighted by atomic mass is 9.96. The van der Waals surface area contributed by atoms with E-state index >= 15 is 0 Å². The number of hydrogen-bond acceptors (Lipinski definition) is 2. The van der Waals surface area contributed by atoms with E-state index in [-0.39, 0.29) is 0 Å². The van der Waals surface area contributed by atoms with Gasteiger partial charge in [-0.15, -0.1) is 6.58 Å². The Morgan fingerprint density at radius 1 is 0.909 bits per heavy atom. The first-order valence-electron chi connectivity index (χ1n) is 8.95. The van der Waals surface area contributed by atoms with Crippen LogP contribution < -0.4 is 0 Å². The first-order valence-corrected chi connectivity index (χ1v) is 10.4. The maximum atomic E-state index is 11.6. The summed E-state index contributed by atoms with van der Waals surface area (Å²) in [6.07, 6.45) is 15.6. The smallest absolute Gasteiger partial charge is 0.270 e. The fourth-order valence-corrected chi connectivity index (χ4v) is 3.55. The predicted molar refractivity (Wildman–Crippen MR) is 95.8 cm³/mol. The Balaban J connectivity index is 3.80. The second-order valence-electron chi connectivity index (χ2n) is 6.68. The van der Waals surface area contributed by atoms with Gasteiger partial charge in [0.2, 0.25) is 0 Å². The van der Waals surface area contributed by atoms with Crippen molar-refractivity contribution in [1.29, 1.82) is 0 Å². The van der Waals surface area contributed by atoms with Gasteiger partial charge in [-0.3, -0.25) is 4.55 Å². The summed E-state index contributed by atoms with van der Waals surface area (Å²) in [5.41, 5.74) is 0. The predicted octanol–water partition coefficient (Wildman–Crippen LogP) is 5.91. The number of unbranched alkanes of at least 4 members (excludes halogenated alkanes) is 9. The molecule has 4 heteroatoms. The van der Waals surface area contributed by atoms with Crippen LogP contribution in [-0.4, -0.2) is 17.7 Å². The lowest BCUT2D eigenvalue weighted by molar-refractivity contribution is 0.396. The third-order valence-corrected chi connectivity index (χ3v) is 6.21. The fourth-order valence-electron chi connectivity index (χ4n) is 2.78. The molecule has 0 aliphatic rings. The van der Waals surface area contributed by atoms with Crippen molar-refractivity contribution in [3.05, 3.63) is 12.7 Å². The minimum atomic E-state index is -3.99. The maximum absolute atomic E-state index is 11.6.